The molecule has 1 heterocycles. The Morgan fingerprint density at radius 1 is 0.952 bits per heavy atom. The molecular formula is C15H20N4O2. The Morgan fingerprint density at radius 2 is 1.62 bits per heavy atom. The highest BCUT2D eigenvalue weighted by molar-refractivity contribution is 5.63. The molecule has 0 atom stereocenters. The molecule has 0 radical (unpaired) electrons. The zero-order valence-electron chi connectivity index (χ0n) is 12.5. The summed E-state index contributed by atoms with van der Waals surface area (Å²) in [6.45, 7) is 3.42. The van der Waals surface area contributed by atoms with E-state index in [1.807, 2.05) is 31.2 Å². The number of ether oxygens (including phenoxy) is 2. The van der Waals surface area contributed by atoms with E-state index in [9.17, 15) is 0 Å². The lowest BCUT2D eigenvalue weighted by Gasteiger charge is -2.13. The molecule has 0 amide bonds. The van der Waals surface area contributed by atoms with Crippen molar-refractivity contribution >= 4 is 11.6 Å². The van der Waals surface area contributed by atoms with Gasteiger partial charge in [-0.15, -0.1) is 0 Å². The third kappa shape index (κ3) is 3.75. The fourth-order valence-corrected chi connectivity index (χ4v) is 1.92. The maximum absolute atomic E-state index is 5.38. The second-order valence-electron chi connectivity index (χ2n) is 4.34. The van der Waals surface area contributed by atoms with Crippen LogP contribution >= 0.6 is 0 Å². The first-order valence-electron chi connectivity index (χ1n) is 6.78. The molecule has 1 aromatic heterocycles. The third-order valence-corrected chi connectivity index (χ3v) is 2.97. The average molecular weight is 288 g/mol. The normalized spacial score (nSPS) is 10.0. The second kappa shape index (κ2) is 7.33. The summed E-state index contributed by atoms with van der Waals surface area (Å²) in [5.41, 5.74) is 1.13. The third-order valence-electron chi connectivity index (χ3n) is 2.97. The quantitative estimate of drug-likeness (QED) is 0.816. The van der Waals surface area contributed by atoms with Crippen molar-refractivity contribution in [2.75, 3.05) is 31.4 Å². The van der Waals surface area contributed by atoms with Crippen molar-refractivity contribution in [2.24, 2.45) is 0 Å². The van der Waals surface area contributed by atoms with Crippen molar-refractivity contribution in [2.45, 2.75) is 13.5 Å². The van der Waals surface area contributed by atoms with Crippen LogP contribution in [0.4, 0.5) is 11.6 Å². The van der Waals surface area contributed by atoms with Crippen LogP contribution in [0.1, 0.15) is 12.5 Å². The van der Waals surface area contributed by atoms with Crippen LogP contribution in [0.2, 0.25) is 0 Å². The van der Waals surface area contributed by atoms with Gasteiger partial charge in [0, 0.05) is 13.1 Å². The number of nitrogens with one attached hydrogen (secondary N) is 2. The molecule has 0 spiro atoms. The lowest BCUT2D eigenvalue weighted by Crippen LogP contribution is -2.08. The largest absolute Gasteiger partial charge is 0.497 e. The first-order valence-corrected chi connectivity index (χ1v) is 6.78. The molecule has 21 heavy (non-hydrogen) atoms. The number of methoxy groups -OCH3 is 2. The number of hydrogen-bond acceptors (Lipinski definition) is 6. The zero-order valence-corrected chi connectivity index (χ0v) is 12.5. The van der Waals surface area contributed by atoms with E-state index in [0.717, 1.165) is 17.9 Å². The van der Waals surface area contributed by atoms with Crippen LogP contribution in [0.5, 0.6) is 11.5 Å². The van der Waals surface area contributed by atoms with Gasteiger partial charge in [0.05, 0.1) is 14.2 Å². The fourth-order valence-electron chi connectivity index (χ4n) is 1.92. The molecule has 6 heteroatoms. The lowest BCUT2D eigenvalue weighted by molar-refractivity contribution is 0.414. The SMILES string of the molecule is CCNc1ncnc(NCc2ccc(OC)cc2)c1OC. The Labute approximate surface area is 124 Å². The number of nitrogens with zero attached hydrogens (tertiary/aromatic N) is 2. The molecule has 2 aromatic rings. The summed E-state index contributed by atoms with van der Waals surface area (Å²) in [6, 6.07) is 7.87. The Morgan fingerprint density at radius 3 is 2.19 bits per heavy atom. The minimum absolute atomic E-state index is 0.618. The number of rotatable bonds is 7. The molecular weight excluding hydrogens is 268 g/mol. The summed E-state index contributed by atoms with van der Waals surface area (Å²) in [7, 11) is 3.26. The first kappa shape index (κ1) is 14.9. The molecule has 0 bridgehead atoms. The van der Waals surface area contributed by atoms with Crippen LogP contribution in [0, 0.1) is 0 Å². The summed E-state index contributed by atoms with van der Waals surface area (Å²) in [4.78, 5) is 8.40. The maximum Gasteiger partial charge on any atom is 0.204 e. The van der Waals surface area contributed by atoms with E-state index in [0.29, 0.717) is 23.9 Å². The molecule has 0 aliphatic carbocycles. The van der Waals surface area contributed by atoms with E-state index in [2.05, 4.69) is 20.6 Å². The molecule has 0 unspecified atom stereocenters. The topological polar surface area (TPSA) is 68.3 Å². The van der Waals surface area contributed by atoms with E-state index < -0.39 is 0 Å². The molecule has 0 aliphatic heterocycles. The molecule has 1 aromatic carbocycles. The van der Waals surface area contributed by atoms with Gasteiger partial charge in [-0.2, -0.15) is 0 Å². The van der Waals surface area contributed by atoms with Gasteiger partial charge in [0.15, 0.2) is 11.6 Å². The van der Waals surface area contributed by atoms with Crippen LogP contribution < -0.4 is 20.1 Å². The number of hydrogen-bond donors (Lipinski definition) is 2. The van der Waals surface area contributed by atoms with E-state index in [-0.39, 0.29) is 0 Å². The van der Waals surface area contributed by atoms with Crippen molar-refractivity contribution in [1.29, 1.82) is 0 Å². The minimum Gasteiger partial charge on any atom is -0.497 e. The fraction of sp³-hybridized carbons (Fsp3) is 0.333. The predicted octanol–water partition coefficient (Wildman–Crippen LogP) is 2.54. The average Bonchev–Trinajstić information content (AvgIpc) is 2.54. The first-order chi connectivity index (χ1) is 10.3. The molecule has 6 nitrogen and oxygen atoms in total. The summed E-state index contributed by atoms with van der Waals surface area (Å²) in [5.74, 6) is 2.81. The van der Waals surface area contributed by atoms with Gasteiger partial charge in [-0.05, 0) is 24.6 Å². The smallest absolute Gasteiger partial charge is 0.204 e. The predicted molar refractivity (Wildman–Crippen MR) is 83.1 cm³/mol. The minimum atomic E-state index is 0.618. The van der Waals surface area contributed by atoms with Gasteiger partial charge in [0.1, 0.15) is 12.1 Å². The van der Waals surface area contributed by atoms with Gasteiger partial charge in [0.2, 0.25) is 5.75 Å². The Hall–Kier alpha value is -2.50. The van der Waals surface area contributed by atoms with E-state index in [4.69, 9.17) is 9.47 Å². The number of aromatic nitrogens is 2. The number of benzene rings is 1. The standard InChI is InChI=1S/C15H20N4O2/c1-4-16-14-13(21-3)15(19-10-18-14)17-9-11-5-7-12(20-2)8-6-11/h5-8,10H,4,9H2,1-3H3,(H2,16,17,18,19). The Balaban J connectivity index is 2.09. The summed E-state index contributed by atoms with van der Waals surface area (Å²) < 4.78 is 10.5. The summed E-state index contributed by atoms with van der Waals surface area (Å²) >= 11 is 0. The number of anilines is 2. The van der Waals surface area contributed by atoms with Crippen molar-refractivity contribution in [3.05, 3.63) is 36.2 Å². The van der Waals surface area contributed by atoms with Gasteiger partial charge in [-0.3, -0.25) is 0 Å². The molecule has 2 N–H and O–H groups in total. The van der Waals surface area contributed by atoms with Gasteiger partial charge < -0.3 is 20.1 Å². The van der Waals surface area contributed by atoms with E-state index in [1.54, 1.807) is 14.2 Å². The molecule has 0 aliphatic rings. The molecule has 0 fully saturated rings. The summed E-state index contributed by atoms with van der Waals surface area (Å²) in [6.07, 6.45) is 1.51. The van der Waals surface area contributed by atoms with Crippen LogP contribution in [-0.4, -0.2) is 30.7 Å². The second-order valence-corrected chi connectivity index (χ2v) is 4.34. The molecule has 0 saturated heterocycles. The van der Waals surface area contributed by atoms with Crippen LogP contribution in [0.15, 0.2) is 30.6 Å². The van der Waals surface area contributed by atoms with Gasteiger partial charge in [-0.1, -0.05) is 12.1 Å². The molecule has 112 valence electrons. The van der Waals surface area contributed by atoms with Crippen LogP contribution in [0.3, 0.4) is 0 Å². The maximum atomic E-state index is 5.38. The summed E-state index contributed by atoms with van der Waals surface area (Å²) in [5, 5.41) is 6.41. The van der Waals surface area contributed by atoms with E-state index in [1.165, 1.54) is 6.33 Å². The Bertz CT molecular complexity index is 572. The van der Waals surface area contributed by atoms with Gasteiger partial charge in [0.25, 0.3) is 0 Å². The monoisotopic (exact) mass is 288 g/mol. The molecule has 2 rings (SSSR count). The van der Waals surface area contributed by atoms with Gasteiger partial charge in [-0.25, -0.2) is 9.97 Å². The van der Waals surface area contributed by atoms with Crippen LogP contribution in [0.25, 0.3) is 0 Å². The van der Waals surface area contributed by atoms with Crippen molar-refractivity contribution < 1.29 is 9.47 Å². The van der Waals surface area contributed by atoms with Crippen molar-refractivity contribution in [3.63, 3.8) is 0 Å². The molecule has 0 saturated carbocycles. The van der Waals surface area contributed by atoms with Crippen molar-refractivity contribution in [1.82, 2.24) is 9.97 Å². The Kier molecular flexibility index (Phi) is 5.20. The van der Waals surface area contributed by atoms with Gasteiger partial charge >= 0.3 is 0 Å². The zero-order chi connectivity index (χ0) is 15.1. The highest BCUT2D eigenvalue weighted by Gasteiger charge is 2.11. The lowest BCUT2D eigenvalue weighted by atomic mass is 10.2. The van der Waals surface area contributed by atoms with Crippen LogP contribution in [-0.2, 0) is 6.54 Å². The highest BCUT2D eigenvalue weighted by atomic mass is 16.5. The van der Waals surface area contributed by atoms with E-state index >= 15 is 0 Å². The van der Waals surface area contributed by atoms with Crippen molar-refractivity contribution in [3.8, 4) is 11.5 Å². The highest BCUT2D eigenvalue weighted by Crippen LogP contribution is 2.29.